The van der Waals surface area contributed by atoms with Crippen LogP contribution in [0.1, 0.15) is 53.3 Å². The number of carbonyl (C=O) groups is 4. The van der Waals surface area contributed by atoms with Gasteiger partial charge in [-0.1, -0.05) is 12.1 Å². The van der Waals surface area contributed by atoms with Crippen LogP contribution in [0.2, 0.25) is 0 Å². The molecule has 1 fully saturated rings. The molecular formula is C19H23N3O4. The van der Waals surface area contributed by atoms with Crippen LogP contribution in [0.25, 0.3) is 0 Å². The summed E-state index contributed by atoms with van der Waals surface area (Å²) in [5.74, 6) is -0.940. The third-order valence-corrected chi connectivity index (χ3v) is 4.83. The highest BCUT2D eigenvalue weighted by Gasteiger charge is 2.34. The molecule has 0 aliphatic carbocycles. The van der Waals surface area contributed by atoms with Gasteiger partial charge in [0, 0.05) is 26.1 Å². The lowest BCUT2D eigenvalue weighted by molar-refractivity contribution is -0.135. The molecule has 1 aromatic carbocycles. The monoisotopic (exact) mass is 357 g/mol. The van der Waals surface area contributed by atoms with Gasteiger partial charge >= 0.3 is 0 Å². The van der Waals surface area contributed by atoms with Crippen LogP contribution in [-0.2, 0) is 9.59 Å². The number of likely N-dealkylation sites (tertiary alicyclic amines) is 1. The molecule has 1 N–H and O–H groups in total. The van der Waals surface area contributed by atoms with E-state index < -0.39 is 6.04 Å². The fourth-order valence-electron chi connectivity index (χ4n) is 3.43. The van der Waals surface area contributed by atoms with E-state index in [1.807, 2.05) is 0 Å². The number of rotatable bonds is 6. The third kappa shape index (κ3) is 3.61. The summed E-state index contributed by atoms with van der Waals surface area (Å²) in [4.78, 5) is 51.7. The van der Waals surface area contributed by atoms with E-state index in [-0.39, 0.29) is 36.6 Å². The quantitative estimate of drug-likeness (QED) is 0.775. The summed E-state index contributed by atoms with van der Waals surface area (Å²) in [6.45, 7) is 3.37. The molecule has 1 atom stereocenters. The van der Waals surface area contributed by atoms with Crippen molar-refractivity contribution >= 4 is 23.6 Å². The van der Waals surface area contributed by atoms with Crippen molar-refractivity contribution in [2.75, 3.05) is 19.6 Å². The molecule has 2 aliphatic heterocycles. The molecule has 4 amide bonds. The average Bonchev–Trinajstić information content (AvgIpc) is 3.25. The number of imide groups is 1. The van der Waals surface area contributed by atoms with Gasteiger partial charge in [0.1, 0.15) is 6.04 Å². The Hall–Kier alpha value is -2.70. The van der Waals surface area contributed by atoms with E-state index in [0.29, 0.717) is 17.5 Å². The number of fused-ring (bicyclic) bond motifs is 1. The Morgan fingerprint density at radius 1 is 1.08 bits per heavy atom. The van der Waals surface area contributed by atoms with Crippen LogP contribution >= 0.6 is 0 Å². The Morgan fingerprint density at radius 2 is 1.65 bits per heavy atom. The van der Waals surface area contributed by atoms with Crippen LogP contribution in [0.3, 0.4) is 0 Å². The summed E-state index contributed by atoms with van der Waals surface area (Å²) < 4.78 is 0. The molecule has 0 aromatic heterocycles. The molecular weight excluding hydrogens is 334 g/mol. The maximum absolute atomic E-state index is 12.3. The third-order valence-electron chi connectivity index (χ3n) is 4.83. The van der Waals surface area contributed by atoms with Crippen molar-refractivity contribution in [1.82, 2.24) is 15.1 Å². The molecule has 0 spiro atoms. The van der Waals surface area contributed by atoms with Gasteiger partial charge in [-0.05, 0) is 38.3 Å². The molecule has 0 bridgehead atoms. The molecule has 1 aromatic rings. The van der Waals surface area contributed by atoms with Crippen molar-refractivity contribution in [2.24, 2.45) is 0 Å². The molecule has 1 saturated heterocycles. The summed E-state index contributed by atoms with van der Waals surface area (Å²) in [5.41, 5.74) is 0.818. The fourth-order valence-corrected chi connectivity index (χ4v) is 3.43. The number of hydrogen-bond acceptors (Lipinski definition) is 4. The Labute approximate surface area is 152 Å². The SMILES string of the molecule is C[C@@H](NC(=O)CCCN1C(=O)c2ccccc2C1=O)C(=O)N1CCCC1. The molecule has 0 radical (unpaired) electrons. The topological polar surface area (TPSA) is 86.8 Å². The molecule has 0 saturated carbocycles. The van der Waals surface area contributed by atoms with Crippen LogP contribution in [0.15, 0.2) is 24.3 Å². The van der Waals surface area contributed by atoms with Crippen LogP contribution in [-0.4, -0.2) is 59.1 Å². The summed E-state index contributed by atoms with van der Waals surface area (Å²) >= 11 is 0. The minimum absolute atomic E-state index is 0.0591. The molecule has 0 unspecified atom stereocenters. The minimum atomic E-state index is -0.556. The van der Waals surface area contributed by atoms with E-state index >= 15 is 0 Å². The predicted octanol–water partition coefficient (Wildman–Crippen LogP) is 1.19. The van der Waals surface area contributed by atoms with E-state index in [4.69, 9.17) is 0 Å². The van der Waals surface area contributed by atoms with Crippen molar-refractivity contribution in [3.63, 3.8) is 0 Å². The van der Waals surface area contributed by atoms with E-state index in [0.717, 1.165) is 25.9 Å². The molecule has 2 heterocycles. The first kappa shape index (κ1) is 18.1. The second-order valence-electron chi connectivity index (χ2n) is 6.73. The van der Waals surface area contributed by atoms with Crippen LogP contribution in [0.4, 0.5) is 0 Å². The van der Waals surface area contributed by atoms with Gasteiger partial charge in [0.25, 0.3) is 11.8 Å². The highest BCUT2D eigenvalue weighted by Crippen LogP contribution is 2.22. The summed E-state index contributed by atoms with van der Waals surface area (Å²) in [7, 11) is 0. The van der Waals surface area contributed by atoms with Gasteiger partial charge in [-0.25, -0.2) is 0 Å². The summed E-state index contributed by atoms with van der Waals surface area (Å²) in [5, 5.41) is 2.70. The maximum Gasteiger partial charge on any atom is 0.261 e. The van der Waals surface area contributed by atoms with Gasteiger partial charge < -0.3 is 10.2 Å². The Balaban J connectivity index is 1.45. The van der Waals surface area contributed by atoms with E-state index in [2.05, 4.69) is 5.32 Å². The first-order chi connectivity index (χ1) is 12.5. The lowest BCUT2D eigenvalue weighted by atomic mass is 10.1. The number of amides is 4. The molecule has 26 heavy (non-hydrogen) atoms. The lowest BCUT2D eigenvalue weighted by Crippen LogP contribution is -2.46. The van der Waals surface area contributed by atoms with Gasteiger partial charge in [-0.3, -0.25) is 24.1 Å². The maximum atomic E-state index is 12.3. The Kier molecular flexibility index (Phi) is 5.35. The Bertz CT molecular complexity index is 705. The second-order valence-corrected chi connectivity index (χ2v) is 6.73. The normalized spacial score (nSPS) is 17.4. The highest BCUT2D eigenvalue weighted by molar-refractivity contribution is 6.21. The summed E-state index contributed by atoms with van der Waals surface area (Å²) in [6, 6.07) is 6.15. The predicted molar refractivity (Wildman–Crippen MR) is 94.5 cm³/mol. The van der Waals surface area contributed by atoms with Crippen LogP contribution in [0, 0.1) is 0 Å². The fraction of sp³-hybridized carbons (Fsp3) is 0.474. The molecule has 7 nitrogen and oxygen atoms in total. The van der Waals surface area contributed by atoms with E-state index in [1.54, 1.807) is 36.1 Å². The van der Waals surface area contributed by atoms with Gasteiger partial charge in [0.15, 0.2) is 0 Å². The van der Waals surface area contributed by atoms with Crippen LogP contribution in [0.5, 0.6) is 0 Å². The number of carbonyl (C=O) groups excluding carboxylic acids is 4. The second kappa shape index (κ2) is 7.68. The number of nitrogens with one attached hydrogen (secondary N) is 1. The van der Waals surface area contributed by atoms with Crippen molar-refractivity contribution in [3.8, 4) is 0 Å². The van der Waals surface area contributed by atoms with Gasteiger partial charge in [-0.2, -0.15) is 0 Å². The number of benzene rings is 1. The van der Waals surface area contributed by atoms with Gasteiger partial charge in [-0.15, -0.1) is 0 Å². The van der Waals surface area contributed by atoms with Crippen molar-refractivity contribution in [3.05, 3.63) is 35.4 Å². The molecule has 7 heteroatoms. The minimum Gasteiger partial charge on any atom is -0.345 e. The van der Waals surface area contributed by atoms with Crippen molar-refractivity contribution in [2.45, 2.75) is 38.6 Å². The van der Waals surface area contributed by atoms with Crippen molar-refractivity contribution in [1.29, 1.82) is 0 Å². The molecule has 2 aliphatic rings. The molecule has 138 valence electrons. The zero-order valence-electron chi connectivity index (χ0n) is 14.9. The zero-order chi connectivity index (χ0) is 18.7. The van der Waals surface area contributed by atoms with Gasteiger partial charge in [0.05, 0.1) is 11.1 Å². The van der Waals surface area contributed by atoms with Gasteiger partial charge in [0.2, 0.25) is 11.8 Å². The van der Waals surface area contributed by atoms with E-state index in [9.17, 15) is 19.2 Å². The number of hydrogen-bond donors (Lipinski definition) is 1. The molecule has 3 rings (SSSR count). The highest BCUT2D eigenvalue weighted by atomic mass is 16.2. The number of nitrogens with zero attached hydrogens (tertiary/aromatic N) is 2. The standard InChI is InChI=1S/C19H23N3O4/c1-13(17(24)21-10-4-5-11-21)20-16(23)9-6-12-22-18(25)14-7-2-3-8-15(14)19(22)26/h2-3,7-8,13H,4-6,9-12H2,1H3,(H,20,23)/t13-/m1/s1. The largest absolute Gasteiger partial charge is 0.345 e. The first-order valence-electron chi connectivity index (χ1n) is 9.02. The smallest absolute Gasteiger partial charge is 0.261 e. The first-order valence-corrected chi connectivity index (χ1v) is 9.02. The van der Waals surface area contributed by atoms with E-state index in [1.165, 1.54) is 4.90 Å². The summed E-state index contributed by atoms with van der Waals surface area (Å²) in [6.07, 6.45) is 2.53. The van der Waals surface area contributed by atoms with Crippen molar-refractivity contribution < 1.29 is 19.2 Å². The average molecular weight is 357 g/mol. The van der Waals surface area contributed by atoms with Crippen LogP contribution < -0.4 is 5.32 Å². The zero-order valence-corrected chi connectivity index (χ0v) is 14.9. The lowest BCUT2D eigenvalue weighted by Gasteiger charge is -2.21. The Morgan fingerprint density at radius 3 is 2.23 bits per heavy atom.